The molecule has 0 bridgehead atoms. The Hall–Kier alpha value is -3.67. The van der Waals surface area contributed by atoms with Crippen LogP contribution in [0.3, 0.4) is 0 Å². The summed E-state index contributed by atoms with van der Waals surface area (Å²) in [6.07, 6.45) is 76.9. The first-order valence-electron chi connectivity index (χ1n) is 29.2. The number of rotatable bonds is 52. The van der Waals surface area contributed by atoms with Crippen LogP contribution in [0.25, 0.3) is 0 Å². The van der Waals surface area contributed by atoms with Crippen LogP contribution in [0.15, 0.2) is 97.2 Å². The molecule has 0 spiro atoms. The molecule has 0 aromatic rings. The Kier molecular flexibility index (Phi) is 54.9. The van der Waals surface area contributed by atoms with Gasteiger partial charge in [-0.3, -0.25) is 14.4 Å². The summed E-state index contributed by atoms with van der Waals surface area (Å²) < 4.78 is 16.8. The second-order valence-corrected chi connectivity index (χ2v) is 19.2. The number of hydrogen-bond donors (Lipinski definition) is 0. The van der Waals surface area contributed by atoms with Crippen molar-refractivity contribution in [3.05, 3.63) is 97.2 Å². The van der Waals surface area contributed by atoms with Crippen LogP contribution < -0.4 is 0 Å². The number of ether oxygens (including phenoxy) is 3. The predicted octanol–water partition coefficient (Wildman–Crippen LogP) is 19.7. The number of allylic oxidation sites excluding steroid dienone is 16. The SMILES string of the molecule is CC/C=C/C/C=C/C/C=C/C/C=C/C/C=C/C/C=C/CCC(=O)OC[C@@H](COC(=O)CCCCCCCCCCCCCCCC)OC(=O)CCCCCCCCCCC/C=C/C/C=C/CCCCC. The third-order valence-corrected chi connectivity index (χ3v) is 12.3. The standard InChI is InChI=1S/C64H108O6/c1-4-7-10-13-16-19-22-25-28-30-32-34-36-39-42-45-48-51-54-57-63(66)69-60-61(59-68-62(65)56-53-50-47-44-41-38-27-24-21-18-15-12-9-6-3)70-64(67)58-55-52-49-46-43-40-37-35-33-31-29-26-23-20-17-14-11-8-5-2/h7,10,16-17,19-20,25-26,28-29,32,34,39,42,48,51,61H,4-6,8-9,11-15,18,21-24,27,30-31,33,35-38,40-41,43-47,49-50,52-60H2,1-3H3/b10-7+,19-16+,20-17+,28-25+,29-26+,34-32+,42-39+,51-48+/t61-/m1/s1. The van der Waals surface area contributed by atoms with Crippen molar-refractivity contribution in [3.63, 3.8) is 0 Å². The smallest absolute Gasteiger partial charge is 0.306 e. The highest BCUT2D eigenvalue weighted by Crippen LogP contribution is 2.15. The van der Waals surface area contributed by atoms with Gasteiger partial charge in [-0.2, -0.15) is 0 Å². The molecule has 0 aromatic heterocycles. The molecule has 400 valence electrons. The highest BCUT2D eigenvalue weighted by atomic mass is 16.6. The first-order chi connectivity index (χ1) is 34.5. The molecule has 0 fully saturated rings. The van der Waals surface area contributed by atoms with Gasteiger partial charge in [0.2, 0.25) is 0 Å². The molecule has 0 amide bonds. The van der Waals surface area contributed by atoms with Gasteiger partial charge in [-0.05, 0) is 89.9 Å². The molecular weight excluding hydrogens is 865 g/mol. The Morgan fingerprint density at radius 1 is 0.300 bits per heavy atom. The zero-order valence-electron chi connectivity index (χ0n) is 45.8. The molecule has 0 heterocycles. The molecular formula is C64H108O6. The van der Waals surface area contributed by atoms with Crippen LogP contribution in [-0.2, 0) is 28.6 Å². The van der Waals surface area contributed by atoms with E-state index in [1.807, 2.05) is 6.08 Å². The maximum Gasteiger partial charge on any atom is 0.306 e. The molecule has 70 heavy (non-hydrogen) atoms. The lowest BCUT2D eigenvalue weighted by molar-refractivity contribution is -0.166. The molecule has 0 aliphatic heterocycles. The van der Waals surface area contributed by atoms with E-state index in [2.05, 4.69) is 112 Å². The normalized spacial score (nSPS) is 12.8. The summed E-state index contributed by atoms with van der Waals surface area (Å²) in [6, 6.07) is 0. The van der Waals surface area contributed by atoms with E-state index in [-0.39, 0.29) is 37.5 Å². The van der Waals surface area contributed by atoms with E-state index in [1.165, 1.54) is 141 Å². The van der Waals surface area contributed by atoms with Crippen molar-refractivity contribution in [2.24, 2.45) is 0 Å². The van der Waals surface area contributed by atoms with Gasteiger partial charge >= 0.3 is 17.9 Å². The monoisotopic (exact) mass is 973 g/mol. The predicted molar refractivity (Wildman–Crippen MR) is 302 cm³/mol. The van der Waals surface area contributed by atoms with Crippen LogP contribution >= 0.6 is 0 Å². The van der Waals surface area contributed by atoms with Gasteiger partial charge in [-0.15, -0.1) is 0 Å². The first kappa shape index (κ1) is 66.3. The van der Waals surface area contributed by atoms with Gasteiger partial charge < -0.3 is 14.2 Å². The quantitative estimate of drug-likeness (QED) is 0.0262. The summed E-state index contributed by atoms with van der Waals surface area (Å²) in [7, 11) is 0. The fraction of sp³-hybridized carbons (Fsp3) is 0.703. The van der Waals surface area contributed by atoms with E-state index in [9.17, 15) is 14.4 Å². The summed E-state index contributed by atoms with van der Waals surface area (Å²) in [5.74, 6) is -0.987. The Balaban J connectivity index is 4.49. The number of carbonyl (C=O) groups is 3. The second-order valence-electron chi connectivity index (χ2n) is 19.2. The van der Waals surface area contributed by atoms with Crippen molar-refractivity contribution in [2.75, 3.05) is 13.2 Å². The Labute approximate surface area is 432 Å². The van der Waals surface area contributed by atoms with E-state index in [0.717, 1.165) is 83.5 Å². The molecule has 1 atom stereocenters. The van der Waals surface area contributed by atoms with Gasteiger partial charge in [-0.1, -0.05) is 259 Å². The number of hydrogen-bond acceptors (Lipinski definition) is 6. The molecule has 0 N–H and O–H groups in total. The molecule has 6 heteroatoms. The topological polar surface area (TPSA) is 78.9 Å². The van der Waals surface area contributed by atoms with E-state index < -0.39 is 6.10 Å². The van der Waals surface area contributed by atoms with Crippen LogP contribution in [0.2, 0.25) is 0 Å². The zero-order chi connectivity index (χ0) is 50.7. The van der Waals surface area contributed by atoms with Crippen LogP contribution in [-0.4, -0.2) is 37.2 Å². The largest absolute Gasteiger partial charge is 0.462 e. The lowest BCUT2D eigenvalue weighted by atomic mass is 10.0. The molecule has 0 rings (SSSR count). The third-order valence-electron chi connectivity index (χ3n) is 12.3. The first-order valence-corrected chi connectivity index (χ1v) is 29.2. The van der Waals surface area contributed by atoms with E-state index in [0.29, 0.717) is 19.3 Å². The maximum atomic E-state index is 12.9. The van der Waals surface area contributed by atoms with Gasteiger partial charge in [-0.25, -0.2) is 0 Å². The number of carbonyl (C=O) groups excluding carboxylic acids is 3. The fourth-order valence-corrected chi connectivity index (χ4v) is 7.97. The minimum atomic E-state index is -0.810. The van der Waals surface area contributed by atoms with Gasteiger partial charge in [0.15, 0.2) is 6.10 Å². The second kappa shape index (κ2) is 57.9. The zero-order valence-corrected chi connectivity index (χ0v) is 45.8. The summed E-state index contributed by atoms with van der Waals surface area (Å²) in [4.78, 5) is 38.2. The van der Waals surface area contributed by atoms with Crippen molar-refractivity contribution < 1.29 is 28.6 Å². The third kappa shape index (κ3) is 55.3. The average Bonchev–Trinajstić information content (AvgIpc) is 3.36. The molecule has 0 aliphatic carbocycles. The molecule has 0 saturated carbocycles. The Bertz CT molecular complexity index is 1400. The van der Waals surface area contributed by atoms with Crippen molar-refractivity contribution in [2.45, 2.75) is 277 Å². The summed E-state index contributed by atoms with van der Waals surface area (Å²) in [5.41, 5.74) is 0. The van der Waals surface area contributed by atoms with Crippen molar-refractivity contribution in [3.8, 4) is 0 Å². The van der Waals surface area contributed by atoms with Crippen LogP contribution in [0.4, 0.5) is 0 Å². The average molecular weight is 974 g/mol. The van der Waals surface area contributed by atoms with Crippen LogP contribution in [0.1, 0.15) is 271 Å². The number of unbranched alkanes of at least 4 members (excludes halogenated alkanes) is 25. The molecule has 0 saturated heterocycles. The molecule has 6 nitrogen and oxygen atoms in total. The van der Waals surface area contributed by atoms with Crippen molar-refractivity contribution in [1.82, 2.24) is 0 Å². The summed E-state index contributed by atoms with van der Waals surface area (Å²) in [6.45, 7) is 6.45. The lowest BCUT2D eigenvalue weighted by Gasteiger charge is -2.18. The maximum absolute atomic E-state index is 12.9. The molecule has 0 unspecified atom stereocenters. The van der Waals surface area contributed by atoms with Gasteiger partial charge in [0.25, 0.3) is 0 Å². The Morgan fingerprint density at radius 2 is 0.586 bits per heavy atom. The van der Waals surface area contributed by atoms with E-state index in [1.54, 1.807) is 0 Å². The van der Waals surface area contributed by atoms with Gasteiger partial charge in [0, 0.05) is 19.3 Å². The lowest BCUT2D eigenvalue weighted by Crippen LogP contribution is -2.30. The summed E-state index contributed by atoms with van der Waals surface area (Å²) >= 11 is 0. The molecule has 0 aromatic carbocycles. The van der Waals surface area contributed by atoms with E-state index >= 15 is 0 Å². The van der Waals surface area contributed by atoms with Crippen LogP contribution in [0, 0.1) is 0 Å². The minimum absolute atomic E-state index is 0.101. The fourth-order valence-electron chi connectivity index (χ4n) is 7.97. The van der Waals surface area contributed by atoms with Gasteiger partial charge in [0.1, 0.15) is 13.2 Å². The van der Waals surface area contributed by atoms with Crippen LogP contribution in [0.5, 0.6) is 0 Å². The molecule has 0 aliphatic rings. The highest BCUT2D eigenvalue weighted by Gasteiger charge is 2.19. The summed E-state index contributed by atoms with van der Waals surface area (Å²) in [5, 5.41) is 0. The van der Waals surface area contributed by atoms with Gasteiger partial charge in [0.05, 0.1) is 0 Å². The minimum Gasteiger partial charge on any atom is -0.462 e. The van der Waals surface area contributed by atoms with E-state index in [4.69, 9.17) is 14.2 Å². The number of esters is 3. The van der Waals surface area contributed by atoms with Crippen molar-refractivity contribution in [1.29, 1.82) is 0 Å². The van der Waals surface area contributed by atoms with Crippen molar-refractivity contribution >= 4 is 17.9 Å². The molecule has 0 radical (unpaired) electrons. The highest BCUT2D eigenvalue weighted by molar-refractivity contribution is 5.71. The Morgan fingerprint density at radius 3 is 0.986 bits per heavy atom.